The quantitative estimate of drug-likeness (QED) is 0.633. The van der Waals surface area contributed by atoms with Crippen LogP contribution < -0.4 is 0 Å². The van der Waals surface area contributed by atoms with Gasteiger partial charge in [0.25, 0.3) is 0 Å². The highest BCUT2D eigenvalue weighted by molar-refractivity contribution is 5.66. The second kappa shape index (κ2) is 4.80. The maximum absolute atomic E-state index is 10.2. The van der Waals surface area contributed by atoms with Crippen molar-refractivity contribution in [2.75, 3.05) is 13.1 Å². The van der Waals surface area contributed by atoms with Crippen LogP contribution in [0.2, 0.25) is 0 Å². The largest absolute Gasteiger partial charge is 0.481 e. The van der Waals surface area contributed by atoms with Crippen LogP contribution in [0.4, 0.5) is 0 Å². The van der Waals surface area contributed by atoms with Crippen molar-refractivity contribution in [2.45, 2.75) is 25.7 Å². The van der Waals surface area contributed by atoms with E-state index in [4.69, 9.17) is 5.11 Å². The Morgan fingerprint density at radius 1 is 1.50 bits per heavy atom. The van der Waals surface area contributed by atoms with Crippen molar-refractivity contribution >= 4 is 5.97 Å². The smallest absolute Gasteiger partial charge is 0.303 e. The fourth-order valence-electron chi connectivity index (χ4n) is 1.32. The molecule has 12 heavy (non-hydrogen) atoms. The second-order valence-electron chi connectivity index (χ2n) is 3.06. The Morgan fingerprint density at radius 3 is 2.92 bits per heavy atom. The molecular weight excluding hydrogens is 154 g/mol. The summed E-state index contributed by atoms with van der Waals surface area (Å²) >= 11 is 0. The van der Waals surface area contributed by atoms with Gasteiger partial charge in [-0.2, -0.15) is 0 Å². The van der Waals surface area contributed by atoms with E-state index in [1.807, 2.05) is 0 Å². The molecule has 0 bridgehead atoms. The topological polar surface area (TPSA) is 40.5 Å². The summed E-state index contributed by atoms with van der Waals surface area (Å²) in [5.74, 6) is -0.688. The van der Waals surface area contributed by atoms with E-state index >= 15 is 0 Å². The Hall–Kier alpha value is -0.990. The maximum atomic E-state index is 10.2. The highest BCUT2D eigenvalue weighted by atomic mass is 16.4. The Balaban J connectivity index is 1.95. The molecule has 0 fully saturated rings. The number of unbranched alkanes of at least 4 members (excludes halogenated alkanes) is 1. The predicted octanol–water partition coefficient (Wildman–Crippen LogP) is 1.46. The minimum absolute atomic E-state index is 0.303. The number of rotatable bonds is 5. The van der Waals surface area contributed by atoms with E-state index in [1.54, 1.807) is 0 Å². The minimum atomic E-state index is -0.688. The molecule has 0 saturated heterocycles. The Labute approximate surface area is 72.7 Å². The molecule has 1 rings (SSSR count). The number of carboxylic acids is 1. The van der Waals surface area contributed by atoms with E-state index in [0.29, 0.717) is 6.42 Å². The summed E-state index contributed by atoms with van der Waals surface area (Å²) in [6, 6.07) is 0. The molecule has 0 spiro atoms. The van der Waals surface area contributed by atoms with Crippen LogP contribution in [-0.4, -0.2) is 29.1 Å². The van der Waals surface area contributed by atoms with Gasteiger partial charge in [0.1, 0.15) is 0 Å². The summed E-state index contributed by atoms with van der Waals surface area (Å²) in [6.07, 6.45) is 7.46. The first-order valence-corrected chi connectivity index (χ1v) is 4.41. The lowest BCUT2D eigenvalue weighted by molar-refractivity contribution is -0.137. The van der Waals surface area contributed by atoms with Crippen LogP contribution in [0.1, 0.15) is 25.7 Å². The molecule has 3 nitrogen and oxygen atoms in total. The molecule has 0 amide bonds. The molecule has 3 heteroatoms. The van der Waals surface area contributed by atoms with E-state index in [0.717, 1.165) is 32.4 Å². The van der Waals surface area contributed by atoms with Crippen molar-refractivity contribution < 1.29 is 9.90 Å². The van der Waals surface area contributed by atoms with Crippen molar-refractivity contribution in [1.82, 2.24) is 4.90 Å². The molecule has 1 N–H and O–H groups in total. The predicted molar refractivity (Wildman–Crippen MR) is 46.8 cm³/mol. The molecule has 0 aliphatic carbocycles. The van der Waals surface area contributed by atoms with Crippen molar-refractivity contribution in [1.29, 1.82) is 0 Å². The molecule has 0 saturated carbocycles. The zero-order valence-corrected chi connectivity index (χ0v) is 7.20. The second-order valence-corrected chi connectivity index (χ2v) is 3.06. The van der Waals surface area contributed by atoms with Crippen molar-refractivity contribution in [3.8, 4) is 0 Å². The fraction of sp³-hybridized carbons (Fsp3) is 0.667. The van der Waals surface area contributed by atoms with Crippen LogP contribution in [0, 0.1) is 0 Å². The summed E-state index contributed by atoms with van der Waals surface area (Å²) in [5, 5.41) is 8.38. The molecule has 0 aromatic rings. The van der Waals surface area contributed by atoms with E-state index in [9.17, 15) is 4.79 Å². The van der Waals surface area contributed by atoms with Crippen LogP contribution in [-0.2, 0) is 4.79 Å². The molecule has 1 heterocycles. The van der Waals surface area contributed by atoms with Gasteiger partial charge in [0.05, 0.1) is 0 Å². The summed E-state index contributed by atoms with van der Waals surface area (Å²) in [4.78, 5) is 12.4. The van der Waals surface area contributed by atoms with E-state index in [2.05, 4.69) is 17.2 Å². The summed E-state index contributed by atoms with van der Waals surface area (Å²) in [5.41, 5.74) is 0. The van der Waals surface area contributed by atoms with Gasteiger partial charge < -0.3 is 10.0 Å². The zero-order valence-electron chi connectivity index (χ0n) is 7.20. The van der Waals surface area contributed by atoms with Crippen molar-refractivity contribution in [3.05, 3.63) is 12.3 Å². The van der Waals surface area contributed by atoms with Gasteiger partial charge in [-0.3, -0.25) is 4.79 Å². The third-order valence-corrected chi connectivity index (χ3v) is 1.99. The highest BCUT2D eigenvalue weighted by Crippen LogP contribution is 2.06. The number of hydrogen-bond donors (Lipinski definition) is 1. The molecule has 0 aromatic heterocycles. The third kappa shape index (κ3) is 3.42. The Kier molecular flexibility index (Phi) is 3.64. The normalized spacial score (nSPS) is 15.5. The highest BCUT2D eigenvalue weighted by Gasteiger charge is 2.03. The molecule has 1 aliphatic heterocycles. The fourth-order valence-corrected chi connectivity index (χ4v) is 1.32. The lowest BCUT2D eigenvalue weighted by atomic mass is 10.2. The number of nitrogens with zero attached hydrogens (tertiary/aromatic N) is 1. The monoisotopic (exact) mass is 169 g/mol. The summed E-state index contributed by atoms with van der Waals surface area (Å²) in [6.45, 7) is 2.11. The number of carboxylic acid groups (broad SMARTS) is 1. The SMILES string of the molecule is O=C(O)CCCCN1C=CCC1. The Morgan fingerprint density at radius 2 is 2.33 bits per heavy atom. The average Bonchev–Trinajstić information content (AvgIpc) is 2.49. The number of hydrogen-bond acceptors (Lipinski definition) is 2. The third-order valence-electron chi connectivity index (χ3n) is 1.99. The van der Waals surface area contributed by atoms with Crippen LogP contribution in [0.15, 0.2) is 12.3 Å². The average molecular weight is 169 g/mol. The maximum Gasteiger partial charge on any atom is 0.303 e. The summed E-state index contributed by atoms with van der Waals surface area (Å²) in [7, 11) is 0. The minimum Gasteiger partial charge on any atom is -0.481 e. The van der Waals surface area contributed by atoms with Gasteiger partial charge in [-0.1, -0.05) is 6.08 Å². The van der Waals surface area contributed by atoms with Gasteiger partial charge in [-0.05, 0) is 25.5 Å². The van der Waals surface area contributed by atoms with Crippen molar-refractivity contribution in [2.24, 2.45) is 0 Å². The van der Waals surface area contributed by atoms with Gasteiger partial charge >= 0.3 is 5.97 Å². The molecule has 68 valence electrons. The molecule has 0 radical (unpaired) electrons. The van der Waals surface area contributed by atoms with E-state index in [1.165, 1.54) is 0 Å². The van der Waals surface area contributed by atoms with Crippen LogP contribution in [0.3, 0.4) is 0 Å². The van der Waals surface area contributed by atoms with Gasteiger partial charge in [0.2, 0.25) is 0 Å². The summed E-state index contributed by atoms with van der Waals surface area (Å²) < 4.78 is 0. The van der Waals surface area contributed by atoms with Crippen LogP contribution >= 0.6 is 0 Å². The van der Waals surface area contributed by atoms with Gasteiger partial charge in [-0.15, -0.1) is 0 Å². The van der Waals surface area contributed by atoms with E-state index in [-0.39, 0.29) is 0 Å². The van der Waals surface area contributed by atoms with Crippen LogP contribution in [0.25, 0.3) is 0 Å². The first-order chi connectivity index (χ1) is 5.79. The molecule has 1 aliphatic rings. The zero-order chi connectivity index (χ0) is 8.81. The van der Waals surface area contributed by atoms with Crippen molar-refractivity contribution in [3.63, 3.8) is 0 Å². The Bertz CT molecular complexity index is 177. The first kappa shape index (κ1) is 9.10. The van der Waals surface area contributed by atoms with Gasteiger partial charge in [0, 0.05) is 19.5 Å². The van der Waals surface area contributed by atoms with E-state index < -0.39 is 5.97 Å². The molecular formula is C9H15NO2. The lowest BCUT2D eigenvalue weighted by Gasteiger charge is -2.13. The number of aliphatic carboxylic acids is 1. The standard InChI is InChI=1S/C9H15NO2/c11-9(12)5-1-2-6-10-7-3-4-8-10/h3,7H,1-2,4-6,8H2,(H,11,12). The van der Waals surface area contributed by atoms with Gasteiger partial charge in [-0.25, -0.2) is 0 Å². The number of carbonyl (C=O) groups is 1. The van der Waals surface area contributed by atoms with Gasteiger partial charge in [0.15, 0.2) is 0 Å². The molecule has 0 aromatic carbocycles. The first-order valence-electron chi connectivity index (χ1n) is 4.41. The lowest BCUT2D eigenvalue weighted by Crippen LogP contribution is -2.15. The van der Waals surface area contributed by atoms with Crippen LogP contribution in [0.5, 0.6) is 0 Å². The molecule has 0 atom stereocenters. The molecule has 0 unspecified atom stereocenters.